The molecule has 0 unspecified atom stereocenters. The summed E-state index contributed by atoms with van der Waals surface area (Å²) in [6.45, 7) is 1.72. The Labute approximate surface area is 110 Å². The maximum absolute atomic E-state index is 12.1. The molecule has 1 heterocycles. The van der Waals surface area contributed by atoms with Crippen LogP contribution in [0, 0.1) is 6.92 Å². The van der Waals surface area contributed by atoms with E-state index in [0.717, 1.165) is 0 Å². The molecule has 0 atom stereocenters. The SMILES string of the molecule is Cc1sc(-c2cccc(OC(F)(F)F)c2)nc1C=O. The molecule has 0 aliphatic rings. The zero-order valence-corrected chi connectivity index (χ0v) is 10.5. The number of ether oxygens (including phenoxy) is 1. The summed E-state index contributed by atoms with van der Waals surface area (Å²) in [5.41, 5.74) is 0.769. The predicted molar refractivity (Wildman–Crippen MR) is 64.4 cm³/mol. The lowest BCUT2D eigenvalue weighted by Crippen LogP contribution is -2.17. The van der Waals surface area contributed by atoms with Crippen LogP contribution in [0.25, 0.3) is 10.6 Å². The van der Waals surface area contributed by atoms with Crippen LogP contribution in [0.4, 0.5) is 13.2 Å². The Morgan fingerprint density at radius 3 is 2.68 bits per heavy atom. The van der Waals surface area contributed by atoms with Crippen LogP contribution in [0.2, 0.25) is 0 Å². The second kappa shape index (κ2) is 5.00. The molecule has 0 spiro atoms. The van der Waals surface area contributed by atoms with Crippen LogP contribution in [0.5, 0.6) is 5.75 Å². The Morgan fingerprint density at radius 1 is 1.37 bits per heavy atom. The minimum atomic E-state index is -4.73. The molecule has 0 saturated carbocycles. The van der Waals surface area contributed by atoms with E-state index in [1.165, 1.54) is 29.5 Å². The number of benzene rings is 1. The van der Waals surface area contributed by atoms with Crippen LogP contribution in [0.1, 0.15) is 15.4 Å². The molecule has 100 valence electrons. The normalized spacial score (nSPS) is 11.4. The predicted octanol–water partition coefficient (Wildman–Crippen LogP) is 3.83. The lowest BCUT2D eigenvalue weighted by Gasteiger charge is -2.09. The van der Waals surface area contributed by atoms with Gasteiger partial charge in [-0.1, -0.05) is 12.1 Å². The van der Waals surface area contributed by atoms with E-state index in [9.17, 15) is 18.0 Å². The lowest BCUT2D eigenvalue weighted by atomic mass is 10.2. The molecule has 0 saturated heterocycles. The zero-order chi connectivity index (χ0) is 14.0. The van der Waals surface area contributed by atoms with Gasteiger partial charge in [0.25, 0.3) is 0 Å². The van der Waals surface area contributed by atoms with Crippen molar-refractivity contribution in [2.45, 2.75) is 13.3 Å². The summed E-state index contributed by atoms with van der Waals surface area (Å²) < 4.78 is 40.2. The molecule has 3 nitrogen and oxygen atoms in total. The maximum atomic E-state index is 12.1. The first-order valence-corrected chi connectivity index (χ1v) is 5.99. The highest BCUT2D eigenvalue weighted by atomic mass is 32.1. The van der Waals surface area contributed by atoms with Gasteiger partial charge in [-0.25, -0.2) is 4.98 Å². The van der Waals surface area contributed by atoms with Crippen molar-refractivity contribution < 1.29 is 22.7 Å². The van der Waals surface area contributed by atoms with Crippen LogP contribution >= 0.6 is 11.3 Å². The first-order valence-electron chi connectivity index (χ1n) is 5.18. The number of aromatic nitrogens is 1. The van der Waals surface area contributed by atoms with Crippen LogP contribution < -0.4 is 4.74 Å². The molecule has 2 aromatic rings. The molecular formula is C12H8F3NO2S. The van der Waals surface area contributed by atoms with Crippen LogP contribution in [-0.2, 0) is 0 Å². The van der Waals surface area contributed by atoms with Crippen molar-refractivity contribution in [1.82, 2.24) is 4.98 Å². The van der Waals surface area contributed by atoms with E-state index in [2.05, 4.69) is 9.72 Å². The fourth-order valence-electron chi connectivity index (χ4n) is 1.47. The third-order valence-electron chi connectivity index (χ3n) is 2.26. The average Bonchev–Trinajstić information content (AvgIpc) is 2.69. The quantitative estimate of drug-likeness (QED) is 0.805. The zero-order valence-electron chi connectivity index (χ0n) is 9.69. The summed E-state index contributed by atoms with van der Waals surface area (Å²) in [4.78, 5) is 15.5. The highest BCUT2D eigenvalue weighted by molar-refractivity contribution is 7.15. The molecule has 0 aliphatic heterocycles. The summed E-state index contributed by atoms with van der Waals surface area (Å²) in [5.74, 6) is -0.314. The molecule has 0 N–H and O–H groups in total. The molecule has 2 rings (SSSR count). The highest BCUT2D eigenvalue weighted by Gasteiger charge is 2.31. The molecule has 1 aromatic heterocycles. The van der Waals surface area contributed by atoms with Crippen molar-refractivity contribution >= 4 is 17.6 Å². The molecule has 0 radical (unpaired) electrons. The molecule has 0 fully saturated rings. The monoisotopic (exact) mass is 287 g/mol. The fraction of sp³-hybridized carbons (Fsp3) is 0.167. The van der Waals surface area contributed by atoms with Gasteiger partial charge in [-0.2, -0.15) is 0 Å². The van der Waals surface area contributed by atoms with Gasteiger partial charge in [-0.3, -0.25) is 4.79 Å². The summed E-state index contributed by atoms with van der Waals surface area (Å²) in [6, 6.07) is 5.49. The van der Waals surface area contributed by atoms with Gasteiger partial charge in [0.05, 0.1) is 0 Å². The smallest absolute Gasteiger partial charge is 0.406 e. The van der Waals surface area contributed by atoms with Gasteiger partial charge in [-0.15, -0.1) is 24.5 Å². The van der Waals surface area contributed by atoms with Crippen molar-refractivity contribution in [1.29, 1.82) is 0 Å². The molecule has 0 amide bonds. The second-order valence-corrected chi connectivity index (χ2v) is 4.86. The number of hydrogen-bond acceptors (Lipinski definition) is 4. The van der Waals surface area contributed by atoms with E-state index in [1.807, 2.05) is 0 Å². The summed E-state index contributed by atoms with van der Waals surface area (Å²) in [7, 11) is 0. The van der Waals surface area contributed by atoms with E-state index in [-0.39, 0.29) is 5.75 Å². The number of carbonyl (C=O) groups excluding carboxylic acids is 1. The Balaban J connectivity index is 2.34. The van der Waals surface area contributed by atoms with Crippen molar-refractivity contribution in [3.63, 3.8) is 0 Å². The van der Waals surface area contributed by atoms with Crippen molar-refractivity contribution in [3.05, 3.63) is 34.8 Å². The van der Waals surface area contributed by atoms with Gasteiger partial charge in [-0.05, 0) is 19.1 Å². The number of aldehydes is 1. The highest BCUT2D eigenvalue weighted by Crippen LogP contribution is 2.31. The largest absolute Gasteiger partial charge is 0.573 e. The number of hydrogen-bond donors (Lipinski definition) is 0. The van der Waals surface area contributed by atoms with Gasteiger partial charge in [0.15, 0.2) is 6.29 Å². The van der Waals surface area contributed by atoms with Crippen molar-refractivity contribution in [3.8, 4) is 16.3 Å². The van der Waals surface area contributed by atoms with Crippen LogP contribution in [0.3, 0.4) is 0 Å². The average molecular weight is 287 g/mol. The second-order valence-electron chi connectivity index (χ2n) is 3.65. The lowest BCUT2D eigenvalue weighted by molar-refractivity contribution is -0.274. The first kappa shape index (κ1) is 13.5. The number of aryl methyl sites for hydroxylation is 1. The topological polar surface area (TPSA) is 39.2 Å². The van der Waals surface area contributed by atoms with Gasteiger partial charge in [0.2, 0.25) is 0 Å². The van der Waals surface area contributed by atoms with Gasteiger partial charge in [0, 0.05) is 10.4 Å². The molecule has 7 heteroatoms. The molecule has 1 aromatic carbocycles. The third-order valence-corrected chi connectivity index (χ3v) is 3.29. The Morgan fingerprint density at radius 2 is 2.11 bits per heavy atom. The maximum Gasteiger partial charge on any atom is 0.573 e. The Bertz CT molecular complexity index is 607. The molecule has 0 bridgehead atoms. The van der Waals surface area contributed by atoms with Crippen molar-refractivity contribution in [2.24, 2.45) is 0 Å². The fourth-order valence-corrected chi connectivity index (χ4v) is 2.34. The third kappa shape index (κ3) is 3.31. The number of rotatable bonds is 3. The van der Waals surface area contributed by atoms with E-state index in [0.29, 0.717) is 27.4 Å². The number of carbonyl (C=O) groups is 1. The van der Waals surface area contributed by atoms with Crippen LogP contribution in [-0.4, -0.2) is 17.6 Å². The van der Waals surface area contributed by atoms with E-state index in [4.69, 9.17) is 0 Å². The van der Waals surface area contributed by atoms with E-state index < -0.39 is 6.36 Å². The standard InChI is InChI=1S/C12H8F3NO2S/c1-7-10(6-17)16-11(19-7)8-3-2-4-9(5-8)18-12(13,14)15/h2-6H,1H3. The van der Waals surface area contributed by atoms with Crippen LogP contribution in [0.15, 0.2) is 24.3 Å². The van der Waals surface area contributed by atoms with Gasteiger partial charge >= 0.3 is 6.36 Å². The molecule has 19 heavy (non-hydrogen) atoms. The number of alkyl halides is 3. The summed E-state index contributed by atoms with van der Waals surface area (Å²) in [5, 5.41) is 0.479. The minimum Gasteiger partial charge on any atom is -0.406 e. The number of halogens is 3. The van der Waals surface area contributed by atoms with E-state index >= 15 is 0 Å². The first-order chi connectivity index (χ1) is 8.89. The summed E-state index contributed by atoms with van der Waals surface area (Å²) >= 11 is 1.24. The molecular weight excluding hydrogens is 279 g/mol. The Hall–Kier alpha value is -1.89. The molecule has 0 aliphatic carbocycles. The van der Waals surface area contributed by atoms with Gasteiger partial charge in [0.1, 0.15) is 16.5 Å². The minimum absolute atomic E-state index is 0.294. The summed E-state index contributed by atoms with van der Waals surface area (Å²) in [6.07, 6.45) is -4.11. The number of nitrogens with zero attached hydrogens (tertiary/aromatic N) is 1. The van der Waals surface area contributed by atoms with Gasteiger partial charge < -0.3 is 4.74 Å². The Kier molecular flexibility index (Phi) is 3.57. The van der Waals surface area contributed by atoms with E-state index in [1.54, 1.807) is 13.0 Å². The van der Waals surface area contributed by atoms with Crippen molar-refractivity contribution in [2.75, 3.05) is 0 Å². The number of thiazole rings is 1.